The Balaban J connectivity index is 1.52. The Hall–Kier alpha value is -1.46. The average Bonchev–Trinajstić information content (AvgIpc) is 2.95. The maximum atomic E-state index is 13.5. The molecule has 2 aliphatic rings. The van der Waals surface area contributed by atoms with Gasteiger partial charge in [0.05, 0.1) is 12.7 Å². The first-order valence-corrected chi connectivity index (χ1v) is 7.53. The second-order valence-corrected chi connectivity index (χ2v) is 5.92. The third-order valence-electron chi connectivity index (χ3n) is 4.39. The normalized spacial score (nSPS) is 25.6. The number of nitrogens with zero attached hydrogens (tertiary/aromatic N) is 1. The Kier molecular flexibility index (Phi) is 4.22. The molecule has 114 valence electrons. The number of morpholine rings is 1. The van der Waals surface area contributed by atoms with Gasteiger partial charge in [0, 0.05) is 24.7 Å². The largest absolute Gasteiger partial charge is 0.373 e. The lowest BCUT2D eigenvalue weighted by Crippen LogP contribution is -2.50. The van der Waals surface area contributed by atoms with E-state index in [-0.39, 0.29) is 17.8 Å². The number of hydrogen-bond donors (Lipinski definition) is 1. The van der Waals surface area contributed by atoms with Crippen LogP contribution in [0.5, 0.6) is 0 Å². The number of aryl methyl sites for hydroxylation is 1. The van der Waals surface area contributed by atoms with Gasteiger partial charge in [0.15, 0.2) is 0 Å². The van der Waals surface area contributed by atoms with Crippen LogP contribution in [0.3, 0.4) is 0 Å². The van der Waals surface area contributed by atoms with E-state index in [0.717, 1.165) is 19.7 Å². The van der Waals surface area contributed by atoms with Crippen molar-refractivity contribution in [2.75, 3.05) is 26.2 Å². The molecular formula is C16H21FN2O2. The van der Waals surface area contributed by atoms with Crippen molar-refractivity contribution in [2.24, 2.45) is 0 Å². The molecule has 0 saturated carbocycles. The van der Waals surface area contributed by atoms with Crippen LogP contribution in [0.2, 0.25) is 0 Å². The van der Waals surface area contributed by atoms with Crippen molar-refractivity contribution in [2.45, 2.75) is 31.9 Å². The summed E-state index contributed by atoms with van der Waals surface area (Å²) in [6, 6.07) is 5.11. The fraction of sp³-hybridized carbons (Fsp3) is 0.562. The molecule has 2 aliphatic heterocycles. The Labute approximate surface area is 124 Å². The topological polar surface area (TPSA) is 41.6 Å². The zero-order valence-corrected chi connectivity index (χ0v) is 12.3. The van der Waals surface area contributed by atoms with E-state index < -0.39 is 0 Å². The van der Waals surface area contributed by atoms with Gasteiger partial charge in [-0.1, -0.05) is 6.07 Å². The van der Waals surface area contributed by atoms with E-state index in [4.69, 9.17) is 4.74 Å². The third kappa shape index (κ3) is 3.24. The molecule has 4 nitrogen and oxygen atoms in total. The lowest BCUT2D eigenvalue weighted by Gasteiger charge is -2.35. The van der Waals surface area contributed by atoms with Gasteiger partial charge in [0.2, 0.25) is 0 Å². The van der Waals surface area contributed by atoms with Crippen molar-refractivity contribution in [3.05, 3.63) is 35.1 Å². The lowest BCUT2D eigenvalue weighted by molar-refractivity contribution is -0.0461. The van der Waals surface area contributed by atoms with Gasteiger partial charge in [-0.2, -0.15) is 0 Å². The van der Waals surface area contributed by atoms with Crippen LogP contribution in [-0.4, -0.2) is 49.2 Å². The summed E-state index contributed by atoms with van der Waals surface area (Å²) in [4.78, 5) is 14.5. The monoisotopic (exact) mass is 292 g/mol. The minimum Gasteiger partial charge on any atom is -0.373 e. The van der Waals surface area contributed by atoms with Gasteiger partial charge in [-0.25, -0.2) is 4.39 Å². The number of nitrogens with one attached hydrogen (secondary N) is 1. The van der Waals surface area contributed by atoms with Gasteiger partial charge in [0.25, 0.3) is 5.91 Å². The van der Waals surface area contributed by atoms with Crippen molar-refractivity contribution in [3.63, 3.8) is 0 Å². The van der Waals surface area contributed by atoms with Crippen molar-refractivity contribution in [3.8, 4) is 0 Å². The molecule has 2 fully saturated rings. The molecule has 1 N–H and O–H groups in total. The summed E-state index contributed by atoms with van der Waals surface area (Å²) in [5.41, 5.74) is 0.898. The molecule has 0 spiro atoms. The van der Waals surface area contributed by atoms with Crippen LogP contribution in [-0.2, 0) is 4.74 Å². The molecule has 1 amide bonds. The Morgan fingerprint density at radius 3 is 3.19 bits per heavy atom. The van der Waals surface area contributed by atoms with E-state index in [1.807, 2.05) is 0 Å². The van der Waals surface area contributed by atoms with Crippen molar-refractivity contribution >= 4 is 5.91 Å². The highest BCUT2D eigenvalue weighted by molar-refractivity contribution is 5.94. The number of carbonyl (C=O) groups is 1. The quantitative estimate of drug-likeness (QED) is 0.922. The van der Waals surface area contributed by atoms with Crippen molar-refractivity contribution in [1.29, 1.82) is 0 Å². The minimum absolute atomic E-state index is 0.0265. The molecular weight excluding hydrogens is 271 g/mol. The van der Waals surface area contributed by atoms with Crippen molar-refractivity contribution in [1.82, 2.24) is 10.2 Å². The molecule has 0 unspecified atom stereocenters. The van der Waals surface area contributed by atoms with Crippen molar-refractivity contribution < 1.29 is 13.9 Å². The second-order valence-electron chi connectivity index (χ2n) is 5.92. The van der Waals surface area contributed by atoms with Gasteiger partial charge in [0.1, 0.15) is 5.82 Å². The molecule has 1 aromatic carbocycles. The summed E-state index contributed by atoms with van der Waals surface area (Å²) in [5, 5.41) is 2.84. The molecule has 1 aromatic rings. The van der Waals surface area contributed by atoms with Gasteiger partial charge >= 0.3 is 0 Å². The first kappa shape index (κ1) is 14.5. The first-order valence-electron chi connectivity index (χ1n) is 7.53. The minimum atomic E-state index is -0.350. The van der Waals surface area contributed by atoms with Crippen LogP contribution in [0.15, 0.2) is 18.2 Å². The maximum Gasteiger partial charge on any atom is 0.251 e. The maximum absolute atomic E-state index is 13.5. The zero-order chi connectivity index (χ0) is 14.8. The van der Waals surface area contributed by atoms with Gasteiger partial charge < -0.3 is 10.1 Å². The Morgan fingerprint density at radius 2 is 2.38 bits per heavy atom. The number of hydrogen-bond acceptors (Lipinski definition) is 3. The number of amides is 1. The van der Waals surface area contributed by atoms with Gasteiger partial charge in [-0.05, 0) is 44.0 Å². The van der Waals surface area contributed by atoms with Gasteiger partial charge in [-0.15, -0.1) is 0 Å². The molecule has 0 bridgehead atoms. The number of benzene rings is 1. The fourth-order valence-electron chi connectivity index (χ4n) is 3.05. The number of carbonyl (C=O) groups excluding carboxylic acids is 1. The fourth-order valence-corrected chi connectivity index (χ4v) is 3.05. The molecule has 0 radical (unpaired) electrons. The highest BCUT2D eigenvalue weighted by Crippen LogP contribution is 2.22. The summed E-state index contributed by atoms with van der Waals surface area (Å²) in [6.45, 7) is 4.89. The van der Waals surface area contributed by atoms with E-state index in [1.54, 1.807) is 19.1 Å². The van der Waals surface area contributed by atoms with E-state index in [9.17, 15) is 9.18 Å². The van der Waals surface area contributed by atoms with Crippen LogP contribution in [0, 0.1) is 12.7 Å². The van der Waals surface area contributed by atoms with Crippen LogP contribution in [0.1, 0.15) is 28.8 Å². The third-order valence-corrected chi connectivity index (χ3v) is 4.39. The second kappa shape index (κ2) is 6.12. The Bertz CT molecular complexity index is 535. The highest BCUT2D eigenvalue weighted by atomic mass is 19.1. The molecule has 2 atom stereocenters. The van der Waals surface area contributed by atoms with Crippen LogP contribution >= 0.6 is 0 Å². The number of rotatable bonds is 3. The molecule has 0 aromatic heterocycles. The van der Waals surface area contributed by atoms with E-state index in [0.29, 0.717) is 23.7 Å². The smallest absolute Gasteiger partial charge is 0.251 e. The number of ether oxygens (including phenoxy) is 1. The predicted molar refractivity (Wildman–Crippen MR) is 77.8 cm³/mol. The predicted octanol–water partition coefficient (Wildman–Crippen LogP) is 1.73. The van der Waals surface area contributed by atoms with E-state index >= 15 is 0 Å². The molecule has 3 rings (SSSR count). The van der Waals surface area contributed by atoms with Crippen LogP contribution in [0.4, 0.5) is 4.39 Å². The molecule has 0 aliphatic carbocycles. The Morgan fingerprint density at radius 1 is 1.52 bits per heavy atom. The molecule has 5 heteroatoms. The standard InChI is InChI=1S/C16H21FN2O2/c1-11-4-5-12(7-15(11)17)16(20)18-8-14-9-19-6-2-3-13(19)10-21-14/h4-5,7,13-14H,2-3,6,8-10H2,1H3,(H,18,20)/t13-,14-/m0/s1. The SMILES string of the molecule is Cc1ccc(C(=O)NC[C@H]2CN3CCC[C@H]3CO2)cc1F. The summed E-state index contributed by atoms with van der Waals surface area (Å²) < 4.78 is 19.3. The molecule has 2 saturated heterocycles. The number of halogens is 1. The lowest BCUT2D eigenvalue weighted by atomic mass is 10.1. The van der Waals surface area contributed by atoms with Crippen LogP contribution < -0.4 is 5.32 Å². The number of fused-ring (bicyclic) bond motifs is 1. The molecule has 2 heterocycles. The van der Waals surface area contributed by atoms with Gasteiger partial charge in [-0.3, -0.25) is 9.69 Å². The van der Waals surface area contributed by atoms with E-state index in [1.165, 1.54) is 18.9 Å². The first-order chi connectivity index (χ1) is 10.1. The average molecular weight is 292 g/mol. The summed E-state index contributed by atoms with van der Waals surface area (Å²) in [5.74, 6) is -0.600. The highest BCUT2D eigenvalue weighted by Gasteiger charge is 2.32. The van der Waals surface area contributed by atoms with Crippen LogP contribution in [0.25, 0.3) is 0 Å². The summed E-state index contributed by atoms with van der Waals surface area (Å²) in [7, 11) is 0. The summed E-state index contributed by atoms with van der Waals surface area (Å²) in [6.07, 6.45) is 2.47. The summed E-state index contributed by atoms with van der Waals surface area (Å²) >= 11 is 0. The zero-order valence-electron chi connectivity index (χ0n) is 12.3. The molecule has 21 heavy (non-hydrogen) atoms. The van der Waals surface area contributed by atoms with E-state index in [2.05, 4.69) is 10.2 Å².